The van der Waals surface area contributed by atoms with Crippen LogP contribution in [0.25, 0.3) is 5.65 Å². The summed E-state index contributed by atoms with van der Waals surface area (Å²) >= 11 is 0. The predicted molar refractivity (Wildman–Crippen MR) is 90.0 cm³/mol. The van der Waals surface area contributed by atoms with Crippen molar-refractivity contribution in [2.45, 2.75) is 6.54 Å². The largest absolute Gasteiger partial charge is 0.467 e. The van der Waals surface area contributed by atoms with Gasteiger partial charge in [-0.2, -0.15) is 0 Å². The third kappa shape index (κ3) is 3.05. The van der Waals surface area contributed by atoms with Crippen molar-refractivity contribution in [3.63, 3.8) is 0 Å². The molecule has 3 aromatic heterocycles. The van der Waals surface area contributed by atoms with E-state index in [1.54, 1.807) is 36.5 Å². The number of nitrogens with zero attached hydrogens (tertiary/aromatic N) is 2. The molecular weight excluding hydrogens is 308 g/mol. The zero-order valence-electron chi connectivity index (χ0n) is 12.9. The summed E-state index contributed by atoms with van der Waals surface area (Å²) in [5, 5.41) is 5.67. The van der Waals surface area contributed by atoms with Crippen molar-refractivity contribution in [3.05, 3.63) is 77.3 Å². The van der Waals surface area contributed by atoms with E-state index < -0.39 is 0 Å². The summed E-state index contributed by atoms with van der Waals surface area (Å²) in [6, 6.07) is 6.77. The zero-order valence-corrected chi connectivity index (χ0v) is 12.9. The van der Waals surface area contributed by atoms with Gasteiger partial charge in [-0.05, 0) is 24.3 Å². The second kappa shape index (κ2) is 6.82. The molecule has 0 aromatic carbocycles. The Hall–Kier alpha value is -3.35. The van der Waals surface area contributed by atoms with E-state index in [-0.39, 0.29) is 18.0 Å². The van der Waals surface area contributed by atoms with Crippen LogP contribution in [-0.2, 0) is 6.54 Å². The highest BCUT2D eigenvalue weighted by atomic mass is 16.3. The van der Waals surface area contributed by atoms with E-state index in [1.165, 1.54) is 16.9 Å². The second-order valence-electron chi connectivity index (χ2n) is 5.02. The number of carbonyl (C=O) groups excluding carboxylic acids is 1. The molecule has 2 N–H and O–H groups in total. The summed E-state index contributed by atoms with van der Waals surface area (Å²) in [6.07, 6.45) is 6.18. The van der Waals surface area contributed by atoms with Gasteiger partial charge in [-0.25, -0.2) is 4.98 Å². The van der Waals surface area contributed by atoms with Gasteiger partial charge in [0.15, 0.2) is 5.65 Å². The van der Waals surface area contributed by atoms with Crippen molar-refractivity contribution in [1.29, 1.82) is 0 Å². The molecule has 0 radical (unpaired) electrons. The van der Waals surface area contributed by atoms with Crippen LogP contribution in [0.2, 0.25) is 0 Å². The number of furan rings is 1. The van der Waals surface area contributed by atoms with E-state index >= 15 is 0 Å². The number of amides is 1. The Bertz CT molecular complexity index is 929. The van der Waals surface area contributed by atoms with Gasteiger partial charge in [0, 0.05) is 12.7 Å². The van der Waals surface area contributed by atoms with Crippen molar-refractivity contribution in [3.8, 4) is 0 Å². The lowest BCUT2D eigenvalue weighted by Gasteiger charge is -2.09. The average molecular weight is 324 g/mol. The summed E-state index contributed by atoms with van der Waals surface area (Å²) in [5.41, 5.74) is 0.683. The third-order valence-corrected chi connectivity index (χ3v) is 3.42. The maximum Gasteiger partial charge on any atom is 0.281 e. The van der Waals surface area contributed by atoms with Crippen molar-refractivity contribution >= 4 is 17.2 Å². The number of hydrogen-bond donors (Lipinski definition) is 2. The van der Waals surface area contributed by atoms with Crippen LogP contribution >= 0.6 is 0 Å². The zero-order chi connectivity index (χ0) is 16.9. The summed E-state index contributed by atoms with van der Waals surface area (Å²) in [7, 11) is 0. The number of pyridine rings is 1. The molecule has 0 unspecified atom stereocenters. The Labute approximate surface area is 137 Å². The standard InChI is InChI=1S/C17H16N4O3/c1-2-7-18-14-11-19-15-13(6-3-8-21(15)17(14)23)16(22)20-10-12-5-4-9-24-12/h2-6,8-9,11,18H,1,7,10H2,(H,20,22). The molecule has 0 saturated heterocycles. The van der Waals surface area contributed by atoms with Crippen LogP contribution in [0.3, 0.4) is 0 Å². The summed E-state index contributed by atoms with van der Waals surface area (Å²) in [6.45, 7) is 4.30. The monoisotopic (exact) mass is 324 g/mol. The molecule has 7 nitrogen and oxygen atoms in total. The van der Waals surface area contributed by atoms with Crippen LogP contribution in [0.15, 0.2) is 64.8 Å². The van der Waals surface area contributed by atoms with Gasteiger partial charge in [-0.3, -0.25) is 14.0 Å². The molecule has 0 aliphatic heterocycles. The lowest BCUT2D eigenvalue weighted by atomic mass is 10.2. The molecule has 0 saturated carbocycles. The van der Waals surface area contributed by atoms with Gasteiger partial charge in [0.2, 0.25) is 0 Å². The minimum Gasteiger partial charge on any atom is -0.467 e. The van der Waals surface area contributed by atoms with E-state index in [2.05, 4.69) is 22.2 Å². The molecule has 3 rings (SSSR count). The first kappa shape index (κ1) is 15.5. The molecule has 3 aromatic rings. The number of aromatic nitrogens is 2. The minimum atomic E-state index is -0.330. The molecule has 0 atom stereocenters. The van der Waals surface area contributed by atoms with Crippen LogP contribution in [0.4, 0.5) is 5.69 Å². The van der Waals surface area contributed by atoms with Crippen LogP contribution in [0.5, 0.6) is 0 Å². The van der Waals surface area contributed by atoms with Crippen LogP contribution in [0.1, 0.15) is 16.1 Å². The Morgan fingerprint density at radius 1 is 1.38 bits per heavy atom. The van der Waals surface area contributed by atoms with Crippen molar-refractivity contribution in [2.24, 2.45) is 0 Å². The predicted octanol–water partition coefficient (Wildman–Crippen LogP) is 1.82. The first-order valence-corrected chi connectivity index (χ1v) is 7.36. The SMILES string of the molecule is C=CCNc1cnc2c(C(=O)NCc3ccco3)cccn2c1=O. The fraction of sp³-hybridized carbons (Fsp3) is 0.118. The van der Waals surface area contributed by atoms with E-state index in [4.69, 9.17) is 4.42 Å². The number of carbonyl (C=O) groups is 1. The molecule has 0 fully saturated rings. The van der Waals surface area contributed by atoms with Crippen molar-refractivity contribution < 1.29 is 9.21 Å². The highest BCUT2D eigenvalue weighted by molar-refractivity contribution is 5.99. The minimum absolute atomic E-state index is 0.260. The fourth-order valence-electron chi connectivity index (χ4n) is 2.26. The Balaban J connectivity index is 1.91. The topological polar surface area (TPSA) is 88.6 Å². The number of hydrogen-bond acceptors (Lipinski definition) is 5. The number of fused-ring (bicyclic) bond motifs is 1. The Morgan fingerprint density at radius 2 is 2.25 bits per heavy atom. The molecule has 1 amide bonds. The first-order chi connectivity index (χ1) is 11.7. The van der Waals surface area contributed by atoms with E-state index in [0.717, 1.165) is 0 Å². The van der Waals surface area contributed by atoms with E-state index in [9.17, 15) is 9.59 Å². The van der Waals surface area contributed by atoms with Gasteiger partial charge in [-0.15, -0.1) is 6.58 Å². The molecule has 0 aliphatic rings. The molecule has 0 bridgehead atoms. The maximum atomic E-state index is 12.4. The molecular formula is C17H16N4O3. The lowest BCUT2D eigenvalue weighted by molar-refractivity contribution is 0.0949. The highest BCUT2D eigenvalue weighted by Crippen LogP contribution is 2.09. The number of rotatable bonds is 6. The van der Waals surface area contributed by atoms with Gasteiger partial charge < -0.3 is 15.1 Å². The summed E-state index contributed by atoms with van der Waals surface area (Å²) < 4.78 is 6.52. The number of nitrogens with one attached hydrogen (secondary N) is 2. The molecule has 0 aliphatic carbocycles. The molecule has 3 heterocycles. The van der Waals surface area contributed by atoms with Crippen molar-refractivity contribution in [2.75, 3.05) is 11.9 Å². The quantitative estimate of drug-likeness (QED) is 0.675. The Kier molecular flexibility index (Phi) is 4.42. The molecule has 0 spiro atoms. The lowest BCUT2D eigenvalue weighted by Crippen LogP contribution is -2.26. The summed E-state index contributed by atoms with van der Waals surface area (Å²) in [4.78, 5) is 29.1. The van der Waals surface area contributed by atoms with Gasteiger partial charge in [-0.1, -0.05) is 6.08 Å². The Morgan fingerprint density at radius 3 is 3.00 bits per heavy atom. The summed E-state index contributed by atoms with van der Waals surface area (Å²) in [5.74, 6) is 0.313. The van der Waals surface area contributed by atoms with Crippen LogP contribution in [0, 0.1) is 0 Å². The smallest absolute Gasteiger partial charge is 0.281 e. The van der Waals surface area contributed by atoms with Crippen molar-refractivity contribution in [1.82, 2.24) is 14.7 Å². The van der Waals surface area contributed by atoms with Crippen LogP contribution in [-0.4, -0.2) is 21.8 Å². The first-order valence-electron chi connectivity index (χ1n) is 7.36. The van der Waals surface area contributed by atoms with E-state index in [0.29, 0.717) is 29.2 Å². The highest BCUT2D eigenvalue weighted by Gasteiger charge is 2.13. The van der Waals surface area contributed by atoms with Gasteiger partial charge in [0.1, 0.15) is 11.4 Å². The van der Waals surface area contributed by atoms with Crippen LogP contribution < -0.4 is 16.2 Å². The number of anilines is 1. The van der Waals surface area contributed by atoms with Gasteiger partial charge >= 0.3 is 0 Å². The maximum absolute atomic E-state index is 12.4. The molecule has 7 heteroatoms. The second-order valence-corrected chi connectivity index (χ2v) is 5.02. The van der Waals surface area contributed by atoms with Gasteiger partial charge in [0.05, 0.1) is 24.6 Å². The molecule has 122 valence electrons. The average Bonchev–Trinajstić information content (AvgIpc) is 3.12. The normalized spacial score (nSPS) is 10.5. The molecule has 24 heavy (non-hydrogen) atoms. The fourth-order valence-corrected chi connectivity index (χ4v) is 2.26. The van der Waals surface area contributed by atoms with E-state index in [1.807, 2.05) is 0 Å². The van der Waals surface area contributed by atoms with Gasteiger partial charge in [0.25, 0.3) is 11.5 Å². The third-order valence-electron chi connectivity index (χ3n) is 3.42.